The van der Waals surface area contributed by atoms with Gasteiger partial charge in [0.15, 0.2) is 0 Å². The summed E-state index contributed by atoms with van der Waals surface area (Å²) >= 11 is 0. The Bertz CT molecular complexity index is 1040. The van der Waals surface area contributed by atoms with E-state index < -0.39 is 0 Å². The van der Waals surface area contributed by atoms with E-state index in [-0.39, 0.29) is 5.91 Å². The average molecular weight is 388 g/mol. The van der Waals surface area contributed by atoms with Crippen LogP contribution in [0.15, 0.2) is 48.7 Å². The second kappa shape index (κ2) is 7.79. The quantitative estimate of drug-likeness (QED) is 0.727. The van der Waals surface area contributed by atoms with Crippen LogP contribution in [0.4, 0.5) is 5.82 Å². The summed E-state index contributed by atoms with van der Waals surface area (Å²) in [5, 5.41) is 4.01. The second-order valence-electron chi connectivity index (χ2n) is 7.65. The number of hydrogen-bond acceptors (Lipinski definition) is 5. The molecule has 0 radical (unpaired) electrons. The molecule has 29 heavy (non-hydrogen) atoms. The van der Waals surface area contributed by atoms with Crippen molar-refractivity contribution in [3.8, 4) is 0 Å². The molecule has 0 unspecified atom stereocenters. The molecule has 3 aromatic rings. The van der Waals surface area contributed by atoms with E-state index in [0.717, 1.165) is 53.9 Å². The lowest BCUT2D eigenvalue weighted by atomic mass is 10.1. The maximum atomic E-state index is 13.1. The van der Waals surface area contributed by atoms with Crippen LogP contribution in [0.25, 0.3) is 10.9 Å². The van der Waals surface area contributed by atoms with Gasteiger partial charge in [-0.2, -0.15) is 0 Å². The maximum Gasteiger partial charge on any atom is 0.252 e. The van der Waals surface area contributed by atoms with E-state index in [2.05, 4.69) is 15.2 Å². The van der Waals surface area contributed by atoms with Crippen molar-refractivity contribution < 1.29 is 9.53 Å². The van der Waals surface area contributed by atoms with Crippen molar-refractivity contribution in [1.29, 1.82) is 0 Å². The number of nitrogens with zero attached hydrogens (tertiary/aromatic N) is 3. The zero-order chi connectivity index (χ0) is 19.6. The molecular weight excluding hydrogens is 364 g/mol. The summed E-state index contributed by atoms with van der Waals surface area (Å²) in [4.78, 5) is 24.7. The van der Waals surface area contributed by atoms with Gasteiger partial charge in [-0.25, -0.2) is 4.98 Å². The first-order valence-electron chi connectivity index (χ1n) is 10.2. The smallest absolute Gasteiger partial charge is 0.252 e. The topological polar surface area (TPSA) is 67.4 Å². The van der Waals surface area contributed by atoms with Crippen LogP contribution in [0.2, 0.25) is 0 Å². The molecule has 1 aliphatic carbocycles. The summed E-state index contributed by atoms with van der Waals surface area (Å²) in [6, 6.07) is 13.8. The van der Waals surface area contributed by atoms with Gasteiger partial charge in [-0.05, 0) is 31.0 Å². The van der Waals surface area contributed by atoms with E-state index in [1.807, 2.05) is 42.5 Å². The van der Waals surface area contributed by atoms with Crippen LogP contribution in [0.3, 0.4) is 0 Å². The average Bonchev–Trinajstić information content (AvgIpc) is 3.63. The van der Waals surface area contributed by atoms with Gasteiger partial charge in [0.1, 0.15) is 5.82 Å². The fourth-order valence-electron chi connectivity index (χ4n) is 3.87. The lowest BCUT2D eigenvalue weighted by molar-refractivity contribution is 0.0952. The molecule has 2 fully saturated rings. The lowest BCUT2D eigenvalue weighted by Gasteiger charge is -2.29. The number of carbonyl (C=O) groups is 1. The Morgan fingerprint density at radius 3 is 2.79 bits per heavy atom. The number of aromatic nitrogens is 2. The van der Waals surface area contributed by atoms with Gasteiger partial charge in [0.2, 0.25) is 0 Å². The summed E-state index contributed by atoms with van der Waals surface area (Å²) in [6.45, 7) is 3.48. The zero-order valence-corrected chi connectivity index (χ0v) is 16.3. The molecule has 1 saturated heterocycles. The molecule has 0 bridgehead atoms. The number of ether oxygens (including phenoxy) is 1. The predicted molar refractivity (Wildman–Crippen MR) is 112 cm³/mol. The molecule has 3 heterocycles. The van der Waals surface area contributed by atoms with E-state index >= 15 is 0 Å². The van der Waals surface area contributed by atoms with E-state index in [0.29, 0.717) is 31.2 Å². The number of carbonyl (C=O) groups excluding carboxylic acids is 1. The van der Waals surface area contributed by atoms with Crippen LogP contribution >= 0.6 is 0 Å². The van der Waals surface area contributed by atoms with Crippen LogP contribution < -0.4 is 10.2 Å². The summed E-state index contributed by atoms with van der Waals surface area (Å²) < 4.78 is 5.45. The van der Waals surface area contributed by atoms with Gasteiger partial charge in [0, 0.05) is 48.4 Å². The number of rotatable bonds is 5. The molecule has 1 aliphatic heterocycles. The van der Waals surface area contributed by atoms with E-state index in [4.69, 9.17) is 9.72 Å². The van der Waals surface area contributed by atoms with Crippen LogP contribution in [-0.4, -0.2) is 42.2 Å². The number of morpholine rings is 1. The minimum atomic E-state index is -0.0673. The minimum Gasteiger partial charge on any atom is -0.378 e. The Hall–Kier alpha value is -2.99. The van der Waals surface area contributed by atoms with Crippen LogP contribution in [0, 0.1) is 0 Å². The summed E-state index contributed by atoms with van der Waals surface area (Å²) in [5.74, 6) is 1.36. The zero-order valence-electron chi connectivity index (χ0n) is 16.3. The van der Waals surface area contributed by atoms with E-state index in [1.165, 1.54) is 0 Å². The molecule has 0 spiro atoms. The Morgan fingerprint density at radius 2 is 1.97 bits per heavy atom. The van der Waals surface area contributed by atoms with Gasteiger partial charge in [-0.15, -0.1) is 0 Å². The van der Waals surface area contributed by atoms with Crippen molar-refractivity contribution in [3.63, 3.8) is 0 Å². The van der Waals surface area contributed by atoms with Gasteiger partial charge in [-0.1, -0.05) is 24.3 Å². The lowest BCUT2D eigenvalue weighted by Crippen LogP contribution is -2.37. The van der Waals surface area contributed by atoms with Crippen LogP contribution in [0.5, 0.6) is 0 Å². The van der Waals surface area contributed by atoms with Crippen molar-refractivity contribution >= 4 is 22.6 Å². The van der Waals surface area contributed by atoms with Gasteiger partial charge >= 0.3 is 0 Å². The van der Waals surface area contributed by atoms with Crippen molar-refractivity contribution in [2.45, 2.75) is 25.3 Å². The Labute approximate surface area is 169 Å². The van der Waals surface area contributed by atoms with E-state index in [9.17, 15) is 4.79 Å². The normalized spacial score (nSPS) is 16.8. The number of fused-ring (bicyclic) bond motifs is 1. The van der Waals surface area contributed by atoms with Crippen molar-refractivity contribution in [2.24, 2.45) is 0 Å². The number of para-hydroxylation sites is 1. The second-order valence-corrected chi connectivity index (χ2v) is 7.65. The number of anilines is 1. The molecule has 5 rings (SSSR count). The van der Waals surface area contributed by atoms with Gasteiger partial charge in [0.05, 0.1) is 24.3 Å². The SMILES string of the molecule is O=C(NCc1cccnc1N1CCOCC1)c1cc(C2CC2)nc2ccccc12. The van der Waals surface area contributed by atoms with Crippen LogP contribution in [0.1, 0.15) is 40.4 Å². The maximum absolute atomic E-state index is 13.1. The molecular formula is C23H24N4O2. The number of amides is 1. The van der Waals surface area contributed by atoms with Crippen LogP contribution in [-0.2, 0) is 11.3 Å². The molecule has 148 valence electrons. The first-order valence-corrected chi connectivity index (χ1v) is 10.2. The molecule has 1 amide bonds. The molecule has 1 N–H and O–H groups in total. The standard InChI is InChI=1S/C23H24N4O2/c28-23(19-14-21(16-7-8-16)26-20-6-2-1-5-18(19)20)25-15-17-4-3-9-24-22(17)27-10-12-29-13-11-27/h1-6,9,14,16H,7-8,10-13,15H2,(H,25,28). The third-order valence-corrected chi connectivity index (χ3v) is 5.59. The fraction of sp³-hybridized carbons (Fsp3) is 0.348. The predicted octanol–water partition coefficient (Wildman–Crippen LogP) is 3.27. The van der Waals surface area contributed by atoms with E-state index in [1.54, 1.807) is 6.20 Å². The fourth-order valence-corrected chi connectivity index (χ4v) is 3.87. The highest BCUT2D eigenvalue weighted by atomic mass is 16.5. The third-order valence-electron chi connectivity index (χ3n) is 5.59. The highest BCUT2D eigenvalue weighted by Gasteiger charge is 2.27. The van der Waals surface area contributed by atoms with Crippen molar-refractivity contribution in [1.82, 2.24) is 15.3 Å². The van der Waals surface area contributed by atoms with Gasteiger partial charge in [-0.3, -0.25) is 9.78 Å². The first-order chi connectivity index (χ1) is 14.3. The number of pyridine rings is 2. The Balaban J connectivity index is 1.39. The number of nitrogens with one attached hydrogen (secondary N) is 1. The van der Waals surface area contributed by atoms with Gasteiger partial charge in [0.25, 0.3) is 5.91 Å². The largest absolute Gasteiger partial charge is 0.378 e. The third kappa shape index (κ3) is 3.80. The highest BCUT2D eigenvalue weighted by Crippen LogP contribution is 2.40. The summed E-state index contributed by atoms with van der Waals surface area (Å²) in [7, 11) is 0. The Kier molecular flexibility index (Phi) is 4.86. The summed E-state index contributed by atoms with van der Waals surface area (Å²) in [6.07, 6.45) is 4.12. The molecule has 1 saturated carbocycles. The first kappa shape index (κ1) is 18.1. The minimum absolute atomic E-state index is 0.0673. The highest BCUT2D eigenvalue weighted by molar-refractivity contribution is 6.06. The van der Waals surface area contributed by atoms with Crippen molar-refractivity contribution in [2.75, 3.05) is 31.2 Å². The number of benzene rings is 1. The number of hydrogen-bond donors (Lipinski definition) is 1. The Morgan fingerprint density at radius 1 is 1.14 bits per heavy atom. The summed E-state index contributed by atoms with van der Waals surface area (Å²) in [5.41, 5.74) is 3.64. The van der Waals surface area contributed by atoms with Gasteiger partial charge < -0.3 is 15.0 Å². The molecule has 2 aliphatic rings. The molecule has 2 aromatic heterocycles. The molecule has 6 nitrogen and oxygen atoms in total. The molecule has 1 aromatic carbocycles. The monoisotopic (exact) mass is 388 g/mol. The molecule has 6 heteroatoms. The molecule has 0 atom stereocenters. The van der Waals surface area contributed by atoms with Crippen molar-refractivity contribution in [3.05, 3.63) is 65.5 Å².